The van der Waals surface area contributed by atoms with Gasteiger partial charge in [-0.25, -0.2) is 4.98 Å². The molecule has 19 heteroatoms. The van der Waals surface area contributed by atoms with Crippen LogP contribution in [-0.4, -0.2) is 151 Å². The largest absolute Gasteiger partial charge is 0.495 e. The molecule has 2 atom stereocenters. The number of hydrogen-bond acceptors (Lipinski definition) is 14. The minimum Gasteiger partial charge on any atom is -0.495 e. The summed E-state index contributed by atoms with van der Waals surface area (Å²) in [7, 11) is 3.31. The first-order valence-corrected chi connectivity index (χ1v) is 23.8. The predicted octanol–water partition coefficient (Wildman–Crippen LogP) is 3.48. The molecular formula is C49H59N11O8. The van der Waals surface area contributed by atoms with Crippen LogP contribution in [-0.2, 0) is 19.2 Å². The molecule has 4 fully saturated rings. The van der Waals surface area contributed by atoms with Gasteiger partial charge in [0.2, 0.25) is 29.6 Å². The van der Waals surface area contributed by atoms with Gasteiger partial charge < -0.3 is 35.0 Å². The molecule has 19 nitrogen and oxygen atoms in total. The molecule has 68 heavy (non-hydrogen) atoms. The zero-order chi connectivity index (χ0) is 47.6. The number of allylic oxidation sites excluding steroid dienone is 1. The second-order valence-electron chi connectivity index (χ2n) is 18.5. The van der Waals surface area contributed by atoms with E-state index >= 15 is 0 Å². The number of aromatic nitrogens is 2. The number of rotatable bonds is 13. The Bertz CT molecular complexity index is 2510. The second kappa shape index (κ2) is 19.8. The lowest BCUT2D eigenvalue weighted by Gasteiger charge is -2.37. The van der Waals surface area contributed by atoms with Crippen LogP contribution in [0.15, 0.2) is 55.3 Å². The fourth-order valence-corrected chi connectivity index (χ4v) is 10.6. The summed E-state index contributed by atoms with van der Waals surface area (Å²) in [5.41, 5.74) is 2.85. The fraction of sp³-hybridized carbons (Fsp3) is 0.490. The van der Waals surface area contributed by atoms with E-state index in [1.54, 1.807) is 61.7 Å². The highest BCUT2D eigenvalue weighted by molar-refractivity contribution is 6.25. The van der Waals surface area contributed by atoms with E-state index < -0.39 is 29.7 Å². The topological polar surface area (TPSA) is 210 Å². The highest BCUT2D eigenvalue weighted by Gasteiger charge is 2.46. The first kappa shape index (κ1) is 46.2. The number of piperazine rings is 1. The monoisotopic (exact) mass is 929 g/mol. The summed E-state index contributed by atoms with van der Waals surface area (Å²) in [5, 5.41) is 8.67. The highest BCUT2D eigenvalue weighted by atomic mass is 16.5. The molecule has 2 aromatic carbocycles. The van der Waals surface area contributed by atoms with Gasteiger partial charge in [0.05, 0.1) is 41.7 Å². The molecule has 6 heterocycles. The summed E-state index contributed by atoms with van der Waals surface area (Å²) in [6.45, 7) is 8.58. The molecule has 358 valence electrons. The van der Waals surface area contributed by atoms with E-state index in [2.05, 4.69) is 42.2 Å². The van der Waals surface area contributed by atoms with Gasteiger partial charge in [0.25, 0.3) is 17.7 Å². The van der Waals surface area contributed by atoms with Gasteiger partial charge in [-0.2, -0.15) is 4.98 Å². The molecule has 0 bridgehead atoms. The van der Waals surface area contributed by atoms with Gasteiger partial charge in [0, 0.05) is 89.9 Å². The standard InChI is InChI=1S/C49H59N11O8/c1-4-8-31-29-59(33-9-5-6-10-33)43-38(55(2)46(31)65)28-50-49(54-43)52-35-14-13-30(27-39(35)68-3)44(63)51-32-17-21-58(22-18-32)41(62)19-20-56-23-25-57(26-24-56)36-12-7-11-34-42(36)48(67)60(47(34)66)37-15-16-40(61)53-45(37)64/h4,7,11-14,27-28,31-33,37H,1,5-6,8-10,15-26,29H2,2-3H3,(H,51,63)(H,50,52,54)(H,53,61,64). The maximum atomic E-state index is 13.6. The van der Waals surface area contributed by atoms with Crippen LogP contribution in [0.25, 0.3) is 0 Å². The number of ether oxygens (including phenoxy) is 1. The molecule has 5 aliphatic heterocycles. The van der Waals surface area contributed by atoms with Crippen molar-refractivity contribution in [3.05, 3.63) is 71.9 Å². The number of amides is 7. The molecule has 2 unspecified atom stereocenters. The first-order chi connectivity index (χ1) is 32.9. The number of carbonyl (C=O) groups is 7. The molecule has 1 aliphatic carbocycles. The van der Waals surface area contributed by atoms with Gasteiger partial charge in [-0.3, -0.25) is 48.7 Å². The van der Waals surface area contributed by atoms with E-state index in [1.165, 1.54) is 0 Å². The highest BCUT2D eigenvalue weighted by Crippen LogP contribution is 2.39. The molecule has 6 aliphatic rings. The minimum atomic E-state index is -1.03. The number of nitrogens with one attached hydrogen (secondary N) is 3. The second-order valence-corrected chi connectivity index (χ2v) is 18.5. The van der Waals surface area contributed by atoms with Gasteiger partial charge in [-0.1, -0.05) is 25.0 Å². The molecular weight excluding hydrogens is 871 g/mol. The van der Waals surface area contributed by atoms with Gasteiger partial charge >= 0.3 is 0 Å². The maximum Gasteiger partial charge on any atom is 0.264 e. The van der Waals surface area contributed by atoms with Crippen LogP contribution < -0.4 is 35.4 Å². The average Bonchev–Trinajstić information content (AvgIpc) is 3.96. The number of methoxy groups -OCH3 is 1. The van der Waals surface area contributed by atoms with Crippen LogP contribution >= 0.6 is 0 Å². The van der Waals surface area contributed by atoms with Crippen molar-refractivity contribution in [1.29, 1.82) is 0 Å². The van der Waals surface area contributed by atoms with Crippen LogP contribution in [0.4, 0.5) is 28.8 Å². The van der Waals surface area contributed by atoms with Crippen molar-refractivity contribution in [3.63, 3.8) is 0 Å². The Morgan fingerprint density at radius 2 is 1.69 bits per heavy atom. The number of nitrogens with zero attached hydrogens (tertiary/aromatic N) is 8. The molecule has 0 spiro atoms. The molecule has 7 amide bonds. The summed E-state index contributed by atoms with van der Waals surface area (Å²) < 4.78 is 5.72. The number of likely N-dealkylation sites (tertiary alicyclic amines) is 1. The van der Waals surface area contributed by atoms with Gasteiger partial charge in [0.15, 0.2) is 5.82 Å². The Balaban J connectivity index is 0.745. The summed E-state index contributed by atoms with van der Waals surface area (Å²) in [4.78, 5) is 112. The number of piperidine rings is 2. The summed E-state index contributed by atoms with van der Waals surface area (Å²) in [6, 6.07) is 9.48. The smallest absolute Gasteiger partial charge is 0.264 e. The number of anilines is 5. The molecule has 3 N–H and O–H groups in total. The van der Waals surface area contributed by atoms with Crippen LogP contribution in [0.5, 0.6) is 5.75 Å². The normalized spacial score (nSPS) is 21.7. The van der Waals surface area contributed by atoms with Crippen molar-refractivity contribution in [1.82, 2.24) is 35.3 Å². The van der Waals surface area contributed by atoms with Crippen LogP contribution in [0.3, 0.4) is 0 Å². The summed E-state index contributed by atoms with van der Waals surface area (Å²) >= 11 is 0. The zero-order valence-corrected chi connectivity index (χ0v) is 38.7. The van der Waals surface area contributed by atoms with E-state index in [9.17, 15) is 33.6 Å². The van der Waals surface area contributed by atoms with E-state index in [0.717, 1.165) is 30.6 Å². The Labute approximate surface area is 395 Å². The Hall–Kier alpha value is -6.89. The first-order valence-electron chi connectivity index (χ1n) is 23.8. The van der Waals surface area contributed by atoms with Crippen molar-refractivity contribution in [2.45, 2.75) is 82.3 Å². The predicted molar refractivity (Wildman–Crippen MR) is 253 cm³/mol. The van der Waals surface area contributed by atoms with Crippen molar-refractivity contribution in [2.75, 3.05) is 86.5 Å². The number of fused-ring (bicyclic) bond motifs is 2. The maximum absolute atomic E-state index is 13.6. The number of hydrogen-bond donors (Lipinski definition) is 3. The molecule has 1 aromatic heterocycles. The molecule has 3 aromatic rings. The lowest BCUT2D eigenvalue weighted by Crippen LogP contribution is -2.54. The third kappa shape index (κ3) is 9.22. The Morgan fingerprint density at radius 1 is 0.926 bits per heavy atom. The van der Waals surface area contributed by atoms with Gasteiger partial charge in [-0.05, 0) is 68.9 Å². The van der Waals surface area contributed by atoms with E-state index in [-0.39, 0.29) is 59.7 Å². The zero-order valence-electron chi connectivity index (χ0n) is 38.7. The average molecular weight is 930 g/mol. The lowest BCUT2D eigenvalue weighted by molar-refractivity contribution is -0.136. The minimum absolute atomic E-state index is 0.0188. The molecule has 1 saturated carbocycles. The number of carbonyl (C=O) groups excluding carboxylic acids is 7. The van der Waals surface area contributed by atoms with E-state index in [4.69, 9.17) is 9.72 Å². The quantitative estimate of drug-likeness (QED) is 0.166. The Kier molecular flexibility index (Phi) is 13.4. The van der Waals surface area contributed by atoms with Gasteiger partial charge in [0.1, 0.15) is 17.5 Å². The SMILES string of the molecule is C=CCC1CN(C2CCCC2)c2nc(Nc3ccc(C(=O)NC4CCN(C(=O)CCN5CCN(c6cccc7c6C(=O)N(C6CCC(=O)NC6=O)C7=O)CC5)CC4)cc3OC)ncc2N(C)C1=O. The molecule has 9 rings (SSSR count). The van der Waals surface area contributed by atoms with Crippen molar-refractivity contribution < 1.29 is 38.3 Å². The molecule has 3 saturated heterocycles. The van der Waals surface area contributed by atoms with Crippen molar-refractivity contribution >= 4 is 70.2 Å². The van der Waals surface area contributed by atoms with E-state index in [0.29, 0.717) is 118 Å². The van der Waals surface area contributed by atoms with Crippen LogP contribution in [0, 0.1) is 5.92 Å². The summed E-state index contributed by atoms with van der Waals surface area (Å²) in [5.74, 6) is -1.00. The van der Waals surface area contributed by atoms with Gasteiger partial charge in [-0.15, -0.1) is 6.58 Å². The number of imide groups is 2. The number of benzene rings is 2. The third-order valence-electron chi connectivity index (χ3n) is 14.4. The van der Waals surface area contributed by atoms with Crippen molar-refractivity contribution in [2.24, 2.45) is 5.92 Å². The molecule has 0 radical (unpaired) electrons. The van der Waals surface area contributed by atoms with Crippen LogP contribution in [0.1, 0.15) is 95.3 Å². The van der Waals surface area contributed by atoms with E-state index in [1.807, 2.05) is 11.0 Å². The fourth-order valence-electron chi connectivity index (χ4n) is 10.6. The summed E-state index contributed by atoms with van der Waals surface area (Å²) in [6.07, 6.45) is 10.2. The third-order valence-corrected chi connectivity index (χ3v) is 14.4. The van der Waals surface area contributed by atoms with Crippen molar-refractivity contribution in [3.8, 4) is 5.75 Å². The van der Waals surface area contributed by atoms with Crippen LogP contribution in [0.2, 0.25) is 0 Å². The lowest BCUT2D eigenvalue weighted by atomic mass is 10.0. The Morgan fingerprint density at radius 3 is 2.41 bits per heavy atom.